The second-order valence-electron chi connectivity index (χ2n) is 6.75. The highest BCUT2D eigenvalue weighted by atomic mass is 16.5. The largest absolute Gasteiger partial charge is 0.493 e. The number of aromatic nitrogens is 2. The molecule has 0 saturated heterocycles. The maximum absolute atomic E-state index is 12.6. The zero-order chi connectivity index (χ0) is 19.3. The van der Waals surface area contributed by atoms with Gasteiger partial charge in [-0.05, 0) is 35.8 Å². The van der Waals surface area contributed by atoms with E-state index in [0.717, 1.165) is 35.2 Å². The van der Waals surface area contributed by atoms with Gasteiger partial charge < -0.3 is 14.0 Å². The van der Waals surface area contributed by atoms with E-state index in [9.17, 15) is 4.79 Å². The van der Waals surface area contributed by atoms with Gasteiger partial charge in [0.25, 0.3) is 0 Å². The van der Waals surface area contributed by atoms with E-state index in [-0.39, 0.29) is 5.78 Å². The van der Waals surface area contributed by atoms with Gasteiger partial charge in [0.1, 0.15) is 0 Å². The number of methoxy groups -OCH3 is 1. The van der Waals surface area contributed by atoms with Crippen LogP contribution in [0.5, 0.6) is 11.5 Å². The maximum Gasteiger partial charge on any atom is 0.189 e. The number of hydrogen-bond donors (Lipinski definition) is 0. The minimum Gasteiger partial charge on any atom is -0.493 e. The van der Waals surface area contributed by atoms with Gasteiger partial charge in [0.05, 0.1) is 20.0 Å². The third-order valence-electron chi connectivity index (χ3n) is 4.84. The quantitative estimate of drug-likeness (QED) is 0.460. The summed E-state index contributed by atoms with van der Waals surface area (Å²) >= 11 is 0. The number of imidazole rings is 1. The molecule has 0 spiro atoms. The van der Waals surface area contributed by atoms with Crippen molar-refractivity contribution in [3.63, 3.8) is 0 Å². The van der Waals surface area contributed by atoms with Crippen molar-refractivity contribution in [1.29, 1.82) is 0 Å². The van der Waals surface area contributed by atoms with Crippen LogP contribution in [0.3, 0.4) is 0 Å². The van der Waals surface area contributed by atoms with E-state index in [1.165, 1.54) is 0 Å². The summed E-state index contributed by atoms with van der Waals surface area (Å²) in [6.07, 6.45) is 8.97. The average molecular weight is 374 g/mol. The normalized spacial score (nSPS) is 14.3. The molecule has 2 aromatic carbocycles. The molecular weight excluding hydrogens is 352 g/mol. The Hall–Kier alpha value is -3.34. The fourth-order valence-corrected chi connectivity index (χ4v) is 3.42. The molecule has 1 aromatic heterocycles. The lowest BCUT2D eigenvalue weighted by Gasteiger charge is -2.12. The second kappa shape index (κ2) is 8.13. The Kier molecular flexibility index (Phi) is 5.24. The van der Waals surface area contributed by atoms with Crippen molar-refractivity contribution in [3.05, 3.63) is 83.4 Å². The number of carbonyl (C=O) groups excluding carboxylic acids is 1. The molecule has 5 heteroatoms. The first-order valence-corrected chi connectivity index (χ1v) is 9.34. The molecule has 0 radical (unpaired) electrons. The van der Waals surface area contributed by atoms with Crippen LogP contribution in [-0.2, 0) is 13.0 Å². The zero-order valence-electron chi connectivity index (χ0n) is 15.8. The molecule has 0 unspecified atom stereocenters. The van der Waals surface area contributed by atoms with Crippen LogP contribution in [0, 0.1) is 0 Å². The number of nitrogens with zero attached hydrogens (tertiary/aromatic N) is 2. The predicted molar refractivity (Wildman–Crippen MR) is 108 cm³/mol. The fourth-order valence-electron chi connectivity index (χ4n) is 3.42. The molecule has 0 N–H and O–H groups in total. The summed E-state index contributed by atoms with van der Waals surface area (Å²) < 4.78 is 13.4. The molecule has 1 aliphatic carbocycles. The van der Waals surface area contributed by atoms with Gasteiger partial charge in [-0.15, -0.1) is 0 Å². The summed E-state index contributed by atoms with van der Waals surface area (Å²) in [5.74, 6) is 1.48. The van der Waals surface area contributed by atoms with Crippen molar-refractivity contribution in [2.75, 3.05) is 13.7 Å². The van der Waals surface area contributed by atoms with E-state index in [1.807, 2.05) is 59.3 Å². The van der Waals surface area contributed by atoms with Crippen LogP contribution in [0.2, 0.25) is 0 Å². The summed E-state index contributed by atoms with van der Waals surface area (Å²) in [7, 11) is 1.63. The molecule has 3 aromatic rings. The van der Waals surface area contributed by atoms with Crippen LogP contribution in [0.4, 0.5) is 0 Å². The molecule has 1 heterocycles. The number of ketones is 1. The van der Waals surface area contributed by atoms with Gasteiger partial charge in [0, 0.05) is 36.5 Å². The fraction of sp³-hybridized carbons (Fsp3) is 0.217. The van der Waals surface area contributed by atoms with Crippen LogP contribution in [0.1, 0.15) is 27.9 Å². The molecule has 5 nitrogen and oxygen atoms in total. The Balaban J connectivity index is 1.47. The van der Waals surface area contributed by atoms with Crippen molar-refractivity contribution in [3.8, 4) is 11.5 Å². The third kappa shape index (κ3) is 3.83. The van der Waals surface area contributed by atoms with Crippen LogP contribution < -0.4 is 9.47 Å². The van der Waals surface area contributed by atoms with Crippen LogP contribution in [0.15, 0.2) is 66.8 Å². The zero-order valence-corrected chi connectivity index (χ0v) is 15.8. The number of carbonyl (C=O) groups is 1. The number of aryl methyl sites for hydroxylation is 1. The summed E-state index contributed by atoms with van der Waals surface area (Å²) in [6, 6.07) is 13.5. The van der Waals surface area contributed by atoms with Crippen molar-refractivity contribution >= 4 is 11.9 Å². The molecule has 1 aliphatic rings. The van der Waals surface area contributed by atoms with Crippen LogP contribution in [0.25, 0.3) is 6.08 Å². The SMILES string of the molecule is COc1ccc(/C=C2\Cc3ccccc3C2=O)cc1OCCCn1ccnc1. The molecule has 142 valence electrons. The molecule has 28 heavy (non-hydrogen) atoms. The topological polar surface area (TPSA) is 53.4 Å². The first-order chi connectivity index (χ1) is 13.7. The second-order valence-corrected chi connectivity index (χ2v) is 6.75. The van der Waals surface area contributed by atoms with Crippen LogP contribution in [-0.4, -0.2) is 29.1 Å². The number of hydrogen-bond acceptors (Lipinski definition) is 4. The average Bonchev–Trinajstić information content (AvgIpc) is 3.34. The first-order valence-electron chi connectivity index (χ1n) is 9.34. The molecule has 0 fully saturated rings. The molecule has 0 atom stereocenters. The predicted octanol–water partition coefficient (Wildman–Crippen LogP) is 4.18. The Morgan fingerprint density at radius 2 is 2.07 bits per heavy atom. The minimum atomic E-state index is 0.106. The van der Waals surface area contributed by atoms with E-state index < -0.39 is 0 Å². The number of Topliss-reactive ketones (excluding diaryl/α,β-unsaturated/α-hetero) is 1. The summed E-state index contributed by atoms with van der Waals surface area (Å²) in [5, 5.41) is 0. The van der Waals surface area contributed by atoms with Crippen LogP contribution >= 0.6 is 0 Å². The smallest absolute Gasteiger partial charge is 0.189 e. The number of benzene rings is 2. The van der Waals surface area contributed by atoms with E-state index in [1.54, 1.807) is 19.6 Å². The van der Waals surface area contributed by atoms with E-state index in [4.69, 9.17) is 9.47 Å². The Labute approximate surface area is 164 Å². The highest BCUT2D eigenvalue weighted by Gasteiger charge is 2.24. The van der Waals surface area contributed by atoms with E-state index in [2.05, 4.69) is 4.98 Å². The van der Waals surface area contributed by atoms with Gasteiger partial charge in [-0.25, -0.2) is 4.98 Å². The number of allylic oxidation sites excluding steroid dienone is 1. The molecule has 0 bridgehead atoms. The molecule has 0 amide bonds. The standard InChI is InChI=1S/C23H22N2O3/c1-27-21-8-7-17(13-19-15-18-5-2-3-6-20(18)23(19)26)14-22(21)28-12-4-10-25-11-9-24-16-25/h2-3,5-9,11,13-14,16H,4,10,12,15H2,1H3/b19-13+. The van der Waals surface area contributed by atoms with Gasteiger partial charge in [-0.1, -0.05) is 30.3 Å². The first kappa shape index (κ1) is 18.0. The van der Waals surface area contributed by atoms with E-state index >= 15 is 0 Å². The summed E-state index contributed by atoms with van der Waals surface area (Å²) in [4.78, 5) is 16.6. The molecule has 0 aliphatic heterocycles. The lowest BCUT2D eigenvalue weighted by Crippen LogP contribution is -2.04. The number of fused-ring (bicyclic) bond motifs is 1. The van der Waals surface area contributed by atoms with Crippen molar-refractivity contribution in [2.45, 2.75) is 19.4 Å². The summed E-state index contributed by atoms with van der Waals surface area (Å²) in [6.45, 7) is 1.41. The highest BCUT2D eigenvalue weighted by molar-refractivity contribution is 6.15. The van der Waals surface area contributed by atoms with Crippen molar-refractivity contribution in [1.82, 2.24) is 9.55 Å². The van der Waals surface area contributed by atoms with E-state index in [0.29, 0.717) is 24.5 Å². The highest BCUT2D eigenvalue weighted by Crippen LogP contribution is 2.31. The maximum atomic E-state index is 12.6. The monoisotopic (exact) mass is 374 g/mol. The minimum absolute atomic E-state index is 0.106. The van der Waals surface area contributed by atoms with Gasteiger partial charge in [0.2, 0.25) is 0 Å². The van der Waals surface area contributed by atoms with Gasteiger partial charge in [-0.2, -0.15) is 0 Å². The number of rotatable bonds is 7. The Morgan fingerprint density at radius 3 is 2.86 bits per heavy atom. The lowest BCUT2D eigenvalue weighted by molar-refractivity contribution is 0.104. The van der Waals surface area contributed by atoms with Gasteiger partial charge in [-0.3, -0.25) is 4.79 Å². The molecule has 4 rings (SSSR count). The Bertz CT molecular complexity index is 1010. The van der Waals surface area contributed by atoms with Crippen molar-refractivity contribution < 1.29 is 14.3 Å². The third-order valence-corrected chi connectivity index (χ3v) is 4.84. The van der Waals surface area contributed by atoms with Crippen molar-refractivity contribution in [2.24, 2.45) is 0 Å². The summed E-state index contributed by atoms with van der Waals surface area (Å²) in [5.41, 5.74) is 3.63. The Morgan fingerprint density at radius 1 is 1.18 bits per heavy atom. The lowest BCUT2D eigenvalue weighted by atomic mass is 10.1. The van der Waals surface area contributed by atoms with Gasteiger partial charge >= 0.3 is 0 Å². The molecular formula is C23H22N2O3. The number of ether oxygens (including phenoxy) is 2. The molecule has 0 saturated carbocycles. The van der Waals surface area contributed by atoms with Gasteiger partial charge in [0.15, 0.2) is 17.3 Å².